The van der Waals surface area contributed by atoms with E-state index in [1.54, 1.807) is 18.4 Å². The van der Waals surface area contributed by atoms with Gasteiger partial charge in [0.2, 0.25) is 0 Å². The van der Waals surface area contributed by atoms with E-state index in [0.717, 1.165) is 27.2 Å². The van der Waals surface area contributed by atoms with Gasteiger partial charge in [0.25, 0.3) is 5.91 Å². The summed E-state index contributed by atoms with van der Waals surface area (Å²) in [7, 11) is 1.63. The molecular formula is C23H20N2O3S. The van der Waals surface area contributed by atoms with Crippen molar-refractivity contribution in [1.29, 1.82) is 0 Å². The molecule has 146 valence electrons. The van der Waals surface area contributed by atoms with E-state index in [9.17, 15) is 4.79 Å². The van der Waals surface area contributed by atoms with E-state index in [-0.39, 0.29) is 5.91 Å². The summed E-state index contributed by atoms with van der Waals surface area (Å²) in [6.45, 7) is 1.01. The summed E-state index contributed by atoms with van der Waals surface area (Å²) in [5.41, 5.74) is 2.89. The first-order chi connectivity index (χ1) is 14.2. The number of amides is 1. The number of benzene rings is 2. The van der Waals surface area contributed by atoms with Crippen LogP contribution in [0.5, 0.6) is 5.75 Å². The largest absolute Gasteiger partial charge is 0.491 e. The molecule has 0 spiro atoms. The highest BCUT2D eigenvalue weighted by atomic mass is 32.1. The molecule has 0 unspecified atom stereocenters. The van der Waals surface area contributed by atoms with Crippen LogP contribution in [0.15, 0.2) is 72.1 Å². The molecule has 0 radical (unpaired) electrons. The number of methoxy groups -OCH3 is 1. The third kappa shape index (κ3) is 4.45. The number of anilines is 1. The maximum absolute atomic E-state index is 13.1. The van der Waals surface area contributed by atoms with Crippen LogP contribution >= 0.6 is 11.3 Å². The highest BCUT2D eigenvalue weighted by molar-refractivity contribution is 7.13. The number of para-hydroxylation sites is 1. The number of hydrogen-bond acceptors (Lipinski definition) is 5. The molecule has 4 aromatic rings. The molecule has 0 saturated carbocycles. The SMILES string of the molecule is COCCOc1ccc(NC(=O)c2cc(-c3cccs3)nc3ccccc23)cc1. The fourth-order valence-corrected chi connectivity index (χ4v) is 3.68. The number of ether oxygens (including phenoxy) is 2. The Hall–Kier alpha value is -3.22. The second-order valence-corrected chi connectivity index (χ2v) is 7.32. The fraction of sp³-hybridized carbons (Fsp3) is 0.130. The van der Waals surface area contributed by atoms with Crippen LogP contribution in [0.25, 0.3) is 21.5 Å². The Morgan fingerprint density at radius 1 is 1.03 bits per heavy atom. The topological polar surface area (TPSA) is 60.5 Å². The molecule has 5 nitrogen and oxygen atoms in total. The number of nitrogens with zero attached hydrogens (tertiary/aromatic N) is 1. The van der Waals surface area contributed by atoms with Gasteiger partial charge in [0, 0.05) is 18.2 Å². The minimum absolute atomic E-state index is 0.172. The predicted molar refractivity (Wildman–Crippen MR) is 117 cm³/mol. The molecule has 0 aliphatic carbocycles. The molecule has 4 rings (SSSR count). The van der Waals surface area contributed by atoms with E-state index >= 15 is 0 Å². The second-order valence-electron chi connectivity index (χ2n) is 6.37. The monoisotopic (exact) mass is 404 g/mol. The number of carbonyl (C=O) groups is 1. The van der Waals surface area contributed by atoms with Crippen molar-refractivity contribution in [2.24, 2.45) is 0 Å². The lowest BCUT2D eigenvalue weighted by Crippen LogP contribution is -2.13. The summed E-state index contributed by atoms with van der Waals surface area (Å²) < 4.78 is 10.5. The standard InChI is InChI=1S/C23H20N2O3S/c1-27-12-13-28-17-10-8-16(9-11-17)24-23(26)19-15-21(22-7-4-14-29-22)25-20-6-3-2-5-18(19)20/h2-11,14-15H,12-13H2,1H3,(H,24,26). The minimum Gasteiger partial charge on any atom is -0.491 e. The van der Waals surface area contributed by atoms with E-state index in [1.165, 1.54) is 0 Å². The second kappa shape index (κ2) is 8.86. The number of carbonyl (C=O) groups excluding carboxylic acids is 1. The van der Waals surface area contributed by atoms with Crippen molar-refractivity contribution in [3.8, 4) is 16.3 Å². The summed E-state index contributed by atoms with van der Waals surface area (Å²) in [6, 6.07) is 20.8. The van der Waals surface area contributed by atoms with E-state index < -0.39 is 0 Å². The van der Waals surface area contributed by atoms with E-state index in [2.05, 4.69) is 5.32 Å². The van der Waals surface area contributed by atoms with Gasteiger partial charge in [-0.3, -0.25) is 4.79 Å². The molecule has 0 atom stereocenters. The van der Waals surface area contributed by atoms with E-state index in [1.807, 2.05) is 72.1 Å². The number of rotatable bonds is 7. The molecule has 2 aromatic heterocycles. The van der Waals surface area contributed by atoms with Crippen LogP contribution < -0.4 is 10.1 Å². The quantitative estimate of drug-likeness (QED) is 0.428. The summed E-state index contributed by atoms with van der Waals surface area (Å²) in [5.74, 6) is 0.559. The third-order valence-electron chi connectivity index (χ3n) is 4.40. The highest BCUT2D eigenvalue weighted by Crippen LogP contribution is 2.28. The molecule has 6 heteroatoms. The van der Waals surface area contributed by atoms with Crippen molar-refractivity contribution in [3.63, 3.8) is 0 Å². The maximum Gasteiger partial charge on any atom is 0.256 e. The van der Waals surface area contributed by atoms with Crippen LogP contribution in [0.1, 0.15) is 10.4 Å². The Morgan fingerprint density at radius 3 is 2.62 bits per heavy atom. The first-order valence-corrected chi connectivity index (χ1v) is 10.1. The minimum atomic E-state index is -0.172. The number of fused-ring (bicyclic) bond motifs is 1. The van der Waals surface area contributed by atoms with Gasteiger partial charge in [-0.2, -0.15) is 0 Å². The smallest absolute Gasteiger partial charge is 0.256 e. The predicted octanol–water partition coefficient (Wildman–Crippen LogP) is 5.24. The zero-order valence-corrected chi connectivity index (χ0v) is 16.7. The van der Waals surface area contributed by atoms with Crippen LogP contribution in [0.4, 0.5) is 5.69 Å². The molecule has 1 amide bonds. The Bertz CT molecular complexity index is 1110. The average Bonchev–Trinajstić information content (AvgIpc) is 3.29. The molecule has 1 N–H and O–H groups in total. The first-order valence-electron chi connectivity index (χ1n) is 9.21. The average molecular weight is 404 g/mol. The van der Waals surface area contributed by atoms with Gasteiger partial charge in [-0.05, 0) is 47.8 Å². The van der Waals surface area contributed by atoms with Gasteiger partial charge >= 0.3 is 0 Å². The number of pyridine rings is 1. The van der Waals surface area contributed by atoms with Crippen LogP contribution in [-0.4, -0.2) is 31.2 Å². The van der Waals surface area contributed by atoms with Crippen LogP contribution in [0.2, 0.25) is 0 Å². The summed E-state index contributed by atoms with van der Waals surface area (Å²) in [5, 5.41) is 5.80. The highest BCUT2D eigenvalue weighted by Gasteiger charge is 2.14. The Morgan fingerprint density at radius 2 is 1.86 bits per heavy atom. The third-order valence-corrected chi connectivity index (χ3v) is 5.30. The molecule has 29 heavy (non-hydrogen) atoms. The number of aromatic nitrogens is 1. The molecule has 2 aromatic carbocycles. The van der Waals surface area contributed by atoms with Gasteiger partial charge < -0.3 is 14.8 Å². The van der Waals surface area contributed by atoms with Gasteiger partial charge in [0.05, 0.1) is 28.3 Å². The van der Waals surface area contributed by atoms with Gasteiger partial charge in [0.1, 0.15) is 12.4 Å². The Kier molecular flexibility index (Phi) is 5.84. The van der Waals surface area contributed by atoms with Gasteiger partial charge in [-0.25, -0.2) is 4.98 Å². The first kappa shape index (κ1) is 19.1. The summed E-state index contributed by atoms with van der Waals surface area (Å²) in [4.78, 5) is 18.8. The molecule has 0 fully saturated rings. The van der Waals surface area contributed by atoms with Gasteiger partial charge in [0.15, 0.2) is 0 Å². The molecule has 0 aliphatic rings. The molecule has 2 heterocycles. The zero-order chi connectivity index (χ0) is 20.1. The zero-order valence-electron chi connectivity index (χ0n) is 15.9. The lowest BCUT2D eigenvalue weighted by molar-refractivity contribution is 0.102. The summed E-state index contributed by atoms with van der Waals surface area (Å²) in [6.07, 6.45) is 0. The maximum atomic E-state index is 13.1. The van der Waals surface area contributed by atoms with Gasteiger partial charge in [-0.15, -0.1) is 11.3 Å². The van der Waals surface area contributed by atoms with Crippen molar-refractivity contribution in [1.82, 2.24) is 4.98 Å². The van der Waals surface area contributed by atoms with Crippen LogP contribution in [-0.2, 0) is 4.74 Å². The number of hydrogen-bond donors (Lipinski definition) is 1. The van der Waals surface area contributed by atoms with Crippen molar-refractivity contribution < 1.29 is 14.3 Å². The van der Waals surface area contributed by atoms with Crippen molar-refractivity contribution in [2.75, 3.05) is 25.6 Å². The number of nitrogens with one attached hydrogen (secondary N) is 1. The summed E-state index contributed by atoms with van der Waals surface area (Å²) >= 11 is 1.60. The molecule has 0 aliphatic heterocycles. The number of thiophene rings is 1. The van der Waals surface area contributed by atoms with Crippen molar-refractivity contribution >= 4 is 33.8 Å². The Balaban J connectivity index is 1.59. The normalized spacial score (nSPS) is 10.8. The molecular weight excluding hydrogens is 384 g/mol. The van der Waals surface area contributed by atoms with Crippen molar-refractivity contribution in [3.05, 3.63) is 77.7 Å². The van der Waals surface area contributed by atoms with Crippen LogP contribution in [0.3, 0.4) is 0 Å². The molecule has 0 saturated heterocycles. The lowest BCUT2D eigenvalue weighted by atomic mass is 10.1. The molecule has 0 bridgehead atoms. The van der Waals surface area contributed by atoms with Crippen molar-refractivity contribution in [2.45, 2.75) is 0 Å². The fourth-order valence-electron chi connectivity index (χ4n) is 2.99. The van der Waals surface area contributed by atoms with E-state index in [0.29, 0.717) is 24.5 Å². The van der Waals surface area contributed by atoms with Gasteiger partial charge in [-0.1, -0.05) is 24.3 Å². The lowest BCUT2D eigenvalue weighted by Gasteiger charge is -2.11. The van der Waals surface area contributed by atoms with E-state index in [4.69, 9.17) is 14.5 Å². The Labute approximate surface area is 172 Å². The van der Waals surface area contributed by atoms with Crippen LogP contribution in [0, 0.1) is 0 Å².